The van der Waals surface area contributed by atoms with E-state index in [2.05, 4.69) is 69.2 Å². The number of carbonyl (C=O) groups excluding carboxylic acids is 2. The fourth-order valence-electron chi connectivity index (χ4n) is 2.79. The first-order valence-electron chi connectivity index (χ1n) is 15.5. The summed E-state index contributed by atoms with van der Waals surface area (Å²) in [5, 5.41) is 2.01. The van der Waals surface area contributed by atoms with Gasteiger partial charge in [-0.15, -0.1) is 6.58 Å². The van der Waals surface area contributed by atoms with Crippen LogP contribution in [0.15, 0.2) is 73.3 Å². The van der Waals surface area contributed by atoms with Crippen LogP contribution in [0.3, 0.4) is 0 Å². The van der Waals surface area contributed by atoms with Crippen molar-refractivity contribution in [3.63, 3.8) is 0 Å². The Bertz CT molecular complexity index is 750. The first-order chi connectivity index (χ1) is 19.8. The quantitative estimate of drug-likeness (QED) is 0.134. The molecule has 2 rings (SSSR count). The van der Waals surface area contributed by atoms with Gasteiger partial charge in [-0.1, -0.05) is 121 Å². The van der Waals surface area contributed by atoms with Crippen molar-refractivity contribution in [3.8, 4) is 0 Å². The zero-order chi connectivity index (χ0) is 32.2. The van der Waals surface area contributed by atoms with E-state index in [1.807, 2.05) is 70.8 Å². The van der Waals surface area contributed by atoms with Crippen LogP contribution in [0, 0.1) is 0 Å². The topological polar surface area (TPSA) is 75.4 Å². The largest absolute Gasteiger partial charge is 0.328 e. The molecule has 0 saturated carbocycles. The van der Waals surface area contributed by atoms with Crippen LogP contribution in [0.4, 0.5) is 0 Å². The van der Waals surface area contributed by atoms with Gasteiger partial charge in [0.05, 0.1) is 0 Å². The Balaban J connectivity index is -0.000000355. The molecule has 0 fully saturated rings. The number of benzene rings is 2. The van der Waals surface area contributed by atoms with Gasteiger partial charge in [-0.3, -0.25) is 10.2 Å². The molecule has 0 amide bonds. The van der Waals surface area contributed by atoms with E-state index in [1.54, 1.807) is 6.08 Å². The summed E-state index contributed by atoms with van der Waals surface area (Å²) in [5.41, 5.74) is 11.3. The van der Waals surface area contributed by atoms with Crippen molar-refractivity contribution < 1.29 is 9.59 Å². The van der Waals surface area contributed by atoms with Crippen LogP contribution < -0.4 is 11.2 Å². The molecule has 0 heterocycles. The highest BCUT2D eigenvalue weighted by atomic mass is 16.1. The lowest BCUT2D eigenvalue weighted by molar-refractivity contribution is -0.119. The average molecular weight is 572 g/mol. The number of aryl methyl sites for hydroxylation is 1. The molecule has 5 heteroatoms. The number of rotatable bonds is 14. The molecular weight excluding hydrogens is 506 g/mol. The molecule has 41 heavy (non-hydrogen) atoms. The van der Waals surface area contributed by atoms with E-state index in [9.17, 15) is 4.79 Å². The number of hydrogen-bond donors (Lipinski definition) is 2. The third kappa shape index (κ3) is 39.6. The number of carbonyl (C=O) groups is 2. The highest BCUT2D eigenvalue weighted by molar-refractivity contribution is 5.78. The van der Waals surface area contributed by atoms with E-state index < -0.39 is 0 Å². The molecule has 0 spiro atoms. The highest BCUT2D eigenvalue weighted by Gasteiger charge is 2.05. The van der Waals surface area contributed by atoms with Gasteiger partial charge in [0.2, 0.25) is 0 Å². The number of hydrogen-bond acceptors (Lipinski definition) is 5. The van der Waals surface area contributed by atoms with Crippen molar-refractivity contribution in [2.75, 3.05) is 13.6 Å². The van der Waals surface area contributed by atoms with Crippen molar-refractivity contribution in [1.29, 1.82) is 0 Å². The lowest BCUT2D eigenvalue weighted by atomic mass is 10.0. The summed E-state index contributed by atoms with van der Waals surface area (Å²) in [7, 11) is 2.00. The molecule has 236 valence electrons. The normalized spacial score (nSPS) is 9.80. The predicted octanol–water partition coefficient (Wildman–Crippen LogP) is 8.97. The molecule has 1 atom stereocenters. The van der Waals surface area contributed by atoms with E-state index in [1.165, 1.54) is 24.0 Å². The SMILES string of the molecule is C=CC.C=O.CC.CCC(C)N.CCCC.CN(CCC(=O)CCCCCc1ccccc1)NCc1ccccc1. The van der Waals surface area contributed by atoms with E-state index in [0.717, 1.165) is 45.2 Å². The lowest BCUT2D eigenvalue weighted by Gasteiger charge is -2.17. The minimum absolute atomic E-state index is 0.369. The van der Waals surface area contributed by atoms with Gasteiger partial charge in [0.25, 0.3) is 0 Å². The van der Waals surface area contributed by atoms with Gasteiger partial charge < -0.3 is 10.5 Å². The van der Waals surface area contributed by atoms with Gasteiger partial charge in [0, 0.05) is 39.0 Å². The maximum atomic E-state index is 12.0. The zero-order valence-electron chi connectivity index (χ0n) is 28.0. The average Bonchev–Trinajstić information content (AvgIpc) is 3.02. The van der Waals surface area contributed by atoms with Gasteiger partial charge in [0.15, 0.2) is 0 Å². The Morgan fingerprint density at radius 2 is 1.32 bits per heavy atom. The van der Waals surface area contributed by atoms with Crippen molar-refractivity contribution in [2.45, 2.75) is 119 Å². The third-order valence-electron chi connectivity index (χ3n) is 5.53. The smallest absolute Gasteiger partial charge is 0.134 e. The molecular formula is C36H65N3O2. The standard InChI is InChI=1S/C22H30N2O.C4H11N.C4H10.C3H6.C2H6.CH2O/c1-24(23-19-21-14-8-3-9-15-21)18-17-22(25)16-10-4-7-13-20-11-5-2-6-12-20;1-3-4(2)5;1-3-4-2;1-3-2;2*1-2/h2-3,5-6,8-9,11-12,14-15,23H,4,7,10,13,16-19H2,1H3;4H,3,5H2,1-2H3;3-4H2,1-2H3;3H,1H2,2H3;1-2H3;1H2. The monoisotopic (exact) mass is 572 g/mol. The summed E-state index contributed by atoms with van der Waals surface area (Å²) in [5.74, 6) is 0.369. The van der Waals surface area contributed by atoms with Gasteiger partial charge in [-0.05, 0) is 50.7 Å². The molecule has 0 saturated heterocycles. The van der Waals surface area contributed by atoms with Crippen LogP contribution in [0.25, 0.3) is 0 Å². The summed E-state index contributed by atoms with van der Waals surface area (Å²) < 4.78 is 0. The van der Waals surface area contributed by atoms with Crippen molar-refractivity contribution in [2.24, 2.45) is 5.73 Å². The van der Waals surface area contributed by atoms with Gasteiger partial charge in [0.1, 0.15) is 12.6 Å². The van der Waals surface area contributed by atoms with Crippen LogP contribution >= 0.6 is 0 Å². The number of allylic oxidation sites excluding steroid dienone is 1. The summed E-state index contributed by atoms with van der Waals surface area (Å²) in [6, 6.07) is 21.2. The highest BCUT2D eigenvalue weighted by Crippen LogP contribution is 2.08. The van der Waals surface area contributed by atoms with Crippen molar-refractivity contribution >= 4 is 12.6 Å². The maximum absolute atomic E-state index is 12.0. The summed E-state index contributed by atoms with van der Waals surface area (Å²) >= 11 is 0. The number of nitrogens with two attached hydrogens (primary N) is 1. The molecule has 0 radical (unpaired) electrons. The molecule has 0 bridgehead atoms. The zero-order valence-corrected chi connectivity index (χ0v) is 28.0. The number of nitrogens with zero attached hydrogens (tertiary/aromatic N) is 1. The van der Waals surface area contributed by atoms with Crippen molar-refractivity contribution in [3.05, 3.63) is 84.4 Å². The van der Waals surface area contributed by atoms with Crippen LogP contribution in [-0.2, 0) is 22.6 Å². The van der Waals surface area contributed by atoms with Crippen LogP contribution in [-0.4, -0.2) is 37.2 Å². The third-order valence-corrected chi connectivity index (χ3v) is 5.53. The van der Waals surface area contributed by atoms with Crippen LogP contribution in [0.1, 0.15) is 111 Å². The number of nitrogens with one attached hydrogen (secondary N) is 1. The maximum Gasteiger partial charge on any atom is 0.134 e. The minimum atomic E-state index is 0.369. The fourth-order valence-corrected chi connectivity index (χ4v) is 2.79. The van der Waals surface area contributed by atoms with Crippen molar-refractivity contribution in [1.82, 2.24) is 10.4 Å². The van der Waals surface area contributed by atoms with Gasteiger partial charge >= 0.3 is 0 Å². The van der Waals surface area contributed by atoms with E-state index in [4.69, 9.17) is 10.5 Å². The van der Waals surface area contributed by atoms with E-state index in [-0.39, 0.29) is 0 Å². The van der Waals surface area contributed by atoms with Gasteiger partial charge in [-0.2, -0.15) is 0 Å². The van der Waals surface area contributed by atoms with Gasteiger partial charge in [-0.25, -0.2) is 5.01 Å². The Hall–Kier alpha value is -2.60. The molecule has 0 aliphatic carbocycles. The van der Waals surface area contributed by atoms with Crippen LogP contribution in [0.5, 0.6) is 0 Å². The number of unbranched alkanes of at least 4 members (excludes halogenated alkanes) is 3. The molecule has 1 unspecified atom stereocenters. The molecule has 5 nitrogen and oxygen atoms in total. The molecule has 2 aromatic rings. The second-order valence-corrected chi connectivity index (χ2v) is 9.37. The first-order valence-corrected chi connectivity index (χ1v) is 15.5. The van der Waals surface area contributed by atoms with Crippen LogP contribution in [0.2, 0.25) is 0 Å². The second-order valence-electron chi connectivity index (χ2n) is 9.37. The summed E-state index contributed by atoms with van der Waals surface area (Å²) in [6.45, 7) is 21.2. The van der Waals surface area contributed by atoms with E-state index >= 15 is 0 Å². The Morgan fingerprint density at radius 3 is 1.73 bits per heavy atom. The molecule has 3 N–H and O–H groups in total. The Labute approximate surface area is 255 Å². The predicted molar refractivity (Wildman–Crippen MR) is 183 cm³/mol. The molecule has 0 aromatic heterocycles. The Morgan fingerprint density at radius 1 is 0.878 bits per heavy atom. The second kappa shape index (κ2) is 39.5. The minimum Gasteiger partial charge on any atom is -0.328 e. The summed E-state index contributed by atoms with van der Waals surface area (Å²) in [4.78, 5) is 20.0. The van der Waals surface area contributed by atoms with E-state index in [0.29, 0.717) is 24.7 Å². The number of hydrazine groups is 1. The first kappa shape index (κ1) is 45.4. The molecule has 0 aliphatic heterocycles. The number of Topliss-reactive ketones (excluding diaryl/α,β-unsaturated/α-hetero) is 1. The summed E-state index contributed by atoms with van der Waals surface area (Å²) in [6.07, 6.45) is 11.2. The molecule has 2 aromatic carbocycles. The molecule has 0 aliphatic rings. The lowest BCUT2D eigenvalue weighted by Crippen LogP contribution is -2.35. The Kier molecular flexibility index (Phi) is 43.8. The number of ketones is 1. The fraction of sp³-hybridized carbons (Fsp3) is 0.556.